The van der Waals surface area contributed by atoms with Crippen LogP contribution in [0.1, 0.15) is 34.9 Å². The molecule has 1 aliphatic rings. The van der Waals surface area contributed by atoms with Gasteiger partial charge >= 0.3 is 0 Å². The number of carbonyl (C=O) groups is 1. The second-order valence-corrected chi connectivity index (χ2v) is 5.41. The highest BCUT2D eigenvalue weighted by Crippen LogP contribution is 2.44. The summed E-state index contributed by atoms with van der Waals surface area (Å²) in [5.41, 5.74) is 4.00. The fourth-order valence-corrected chi connectivity index (χ4v) is 3.19. The number of aldehydes is 1. The fraction of sp³-hybridized carbons (Fsp3) is 0.286. The number of rotatable bonds is 3. The van der Waals surface area contributed by atoms with Gasteiger partial charge in [-0.05, 0) is 47.8 Å². The molecule has 0 aliphatic heterocycles. The van der Waals surface area contributed by atoms with Crippen molar-refractivity contribution in [2.45, 2.75) is 25.8 Å². The molecule has 0 bridgehead atoms. The van der Waals surface area contributed by atoms with E-state index in [1.54, 1.807) is 12.4 Å². The molecule has 1 saturated carbocycles. The molecule has 92 valence electrons. The van der Waals surface area contributed by atoms with Crippen molar-refractivity contribution in [3.8, 4) is 11.3 Å². The Morgan fingerprint density at radius 1 is 1.39 bits per heavy atom. The third kappa shape index (κ3) is 1.72. The van der Waals surface area contributed by atoms with E-state index >= 15 is 0 Å². The molecule has 0 spiro atoms. The molecule has 0 saturated heterocycles. The van der Waals surface area contributed by atoms with Gasteiger partial charge in [-0.1, -0.05) is 0 Å². The number of carbonyl (C=O) groups excluding carboxylic acids is 1. The van der Waals surface area contributed by atoms with Crippen molar-refractivity contribution in [1.82, 2.24) is 9.55 Å². The lowest BCUT2D eigenvalue weighted by Gasteiger charge is -2.10. The monoisotopic (exact) mass is 304 g/mol. The highest BCUT2D eigenvalue weighted by atomic mass is 79.9. The molecule has 0 amide bonds. The Morgan fingerprint density at radius 2 is 2.06 bits per heavy atom. The van der Waals surface area contributed by atoms with E-state index in [0.29, 0.717) is 6.04 Å². The summed E-state index contributed by atoms with van der Waals surface area (Å²) in [7, 11) is 0. The van der Waals surface area contributed by atoms with Gasteiger partial charge in [-0.25, -0.2) is 0 Å². The van der Waals surface area contributed by atoms with E-state index in [-0.39, 0.29) is 0 Å². The minimum absolute atomic E-state index is 0.540. The Bertz CT molecular complexity index is 600. The SMILES string of the molecule is Cc1c(C=O)c(Br)c(-c2ccncc2)n1C1CC1. The van der Waals surface area contributed by atoms with Gasteiger partial charge in [0, 0.05) is 35.3 Å². The zero-order valence-corrected chi connectivity index (χ0v) is 11.6. The van der Waals surface area contributed by atoms with Gasteiger partial charge in [0.2, 0.25) is 0 Å². The van der Waals surface area contributed by atoms with Crippen LogP contribution in [0.5, 0.6) is 0 Å². The van der Waals surface area contributed by atoms with Gasteiger partial charge in [0.1, 0.15) is 0 Å². The van der Waals surface area contributed by atoms with Crippen LogP contribution in [0.15, 0.2) is 29.0 Å². The Labute approximate surface area is 114 Å². The first-order chi connectivity index (χ1) is 8.74. The fourth-order valence-electron chi connectivity index (χ4n) is 2.39. The van der Waals surface area contributed by atoms with Crippen molar-refractivity contribution in [1.29, 1.82) is 0 Å². The van der Waals surface area contributed by atoms with E-state index in [1.165, 1.54) is 12.8 Å². The van der Waals surface area contributed by atoms with E-state index in [2.05, 4.69) is 25.5 Å². The van der Waals surface area contributed by atoms with E-state index in [9.17, 15) is 4.79 Å². The summed E-state index contributed by atoms with van der Waals surface area (Å²) in [4.78, 5) is 15.3. The summed E-state index contributed by atoms with van der Waals surface area (Å²) in [5.74, 6) is 0. The molecule has 0 atom stereocenters. The molecule has 0 aromatic carbocycles. The maximum Gasteiger partial charge on any atom is 0.153 e. The maximum absolute atomic E-state index is 11.2. The van der Waals surface area contributed by atoms with Gasteiger partial charge in [-0.2, -0.15) is 0 Å². The molecule has 0 N–H and O–H groups in total. The molecule has 2 heterocycles. The van der Waals surface area contributed by atoms with Crippen LogP contribution in [0.25, 0.3) is 11.3 Å². The van der Waals surface area contributed by atoms with Gasteiger partial charge in [-0.3, -0.25) is 9.78 Å². The third-order valence-corrected chi connectivity index (χ3v) is 4.22. The first kappa shape index (κ1) is 11.7. The summed E-state index contributed by atoms with van der Waals surface area (Å²) >= 11 is 3.57. The number of aromatic nitrogens is 2. The second kappa shape index (κ2) is 4.35. The highest BCUT2D eigenvalue weighted by molar-refractivity contribution is 9.10. The van der Waals surface area contributed by atoms with Crippen molar-refractivity contribution in [3.05, 3.63) is 40.3 Å². The van der Waals surface area contributed by atoms with Crippen molar-refractivity contribution in [3.63, 3.8) is 0 Å². The van der Waals surface area contributed by atoms with Crippen LogP contribution in [-0.2, 0) is 0 Å². The number of nitrogens with zero attached hydrogens (tertiary/aromatic N) is 2. The standard InChI is InChI=1S/C14H13BrN2O/c1-9-12(8-18)13(15)14(17(9)11-2-3-11)10-4-6-16-7-5-10/h4-8,11H,2-3H2,1H3. The number of pyridine rings is 1. The van der Waals surface area contributed by atoms with Gasteiger partial charge in [0.05, 0.1) is 10.2 Å². The molecule has 2 aromatic heterocycles. The van der Waals surface area contributed by atoms with Crippen molar-refractivity contribution in [2.24, 2.45) is 0 Å². The van der Waals surface area contributed by atoms with Gasteiger partial charge in [-0.15, -0.1) is 0 Å². The summed E-state index contributed by atoms with van der Waals surface area (Å²) in [6.45, 7) is 2.01. The van der Waals surface area contributed by atoms with Crippen LogP contribution in [0.4, 0.5) is 0 Å². The Balaban J connectivity index is 2.27. The molecule has 3 rings (SSSR count). The summed E-state index contributed by atoms with van der Waals surface area (Å²) < 4.78 is 3.18. The third-order valence-electron chi connectivity index (χ3n) is 3.42. The molecule has 0 radical (unpaired) electrons. The van der Waals surface area contributed by atoms with Crippen molar-refractivity contribution >= 4 is 22.2 Å². The molecule has 4 heteroatoms. The van der Waals surface area contributed by atoms with Crippen LogP contribution in [0.3, 0.4) is 0 Å². The first-order valence-electron chi connectivity index (χ1n) is 6.00. The smallest absolute Gasteiger partial charge is 0.153 e. The Morgan fingerprint density at radius 3 is 2.61 bits per heavy atom. The maximum atomic E-state index is 11.2. The molecule has 1 fully saturated rings. The normalized spacial score (nSPS) is 14.8. The van der Waals surface area contributed by atoms with Crippen LogP contribution in [0.2, 0.25) is 0 Å². The predicted octanol–water partition coefficient (Wildman–Crippen LogP) is 3.77. The largest absolute Gasteiger partial charge is 0.340 e. The predicted molar refractivity (Wildman–Crippen MR) is 73.8 cm³/mol. The first-order valence-corrected chi connectivity index (χ1v) is 6.79. The quantitative estimate of drug-likeness (QED) is 0.809. The molecule has 1 aliphatic carbocycles. The van der Waals surface area contributed by atoms with Crippen LogP contribution in [0, 0.1) is 6.92 Å². The lowest BCUT2D eigenvalue weighted by molar-refractivity contribution is 0.112. The number of halogens is 1. The van der Waals surface area contributed by atoms with E-state index in [4.69, 9.17) is 0 Å². The Kier molecular flexibility index (Phi) is 2.82. The second-order valence-electron chi connectivity index (χ2n) is 4.62. The minimum Gasteiger partial charge on any atom is -0.340 e. The molecular formula is C14H13BrN2O. The van der Waals surface area contributed by atoms with Crippen LogP contribution >= 0.6 is 15.9 Å². The lowest BCUT2D eigenvalue weighted by Crippen LogP contribution is -1.99. The van der Waals surface area contributed by atoms with E-state index < -0.39 is 0 Å². The average molecular weight is 305 g/mol. The molecule has 3 nitrogen and oxygen atoms in total. The molecule has 2 aromatic rings. The summed E-state index contributed by atoms with van der Waals surface area (Å²) in [6.07, 6.45) is 6.88. The van der Waals surface area contributed by atoms with E-state index in [1.807, 2.05) is 19.1 Å². The average Bonchev–Trinajstić information content (AvgIpc) is 3.18. The lowest BCUT2D eigenvalue weighted by atomic mass is 10.2. The zero-order valence-electron chi connectivity index (χ0n) is 10.1. The summed E-state index contributed by atoms with van der Waals surface area (Å²) in [5, 5.41) is 0. The van der Waals surface area contributed by atoms with Gasteiger partial charge in [0.15, 0.2) is 6.29 Å². The number of hydrogen-bond donors (Lipinski definition) is 0. The zero-order chi connectivity index (χ0) is 12.7. The van der Waals surface area contributed by atoms with E-state index in [0.717, 1.165) is 33.3 Å². The molecular weight excluding hydrogens is 292 g/mol. The topological polar surface area (TPSA) is 34.9 Å². The molecule has 18 heavy (non-hydrogen) atoms. The van der Waals surface area contributed by atoms with Crippen LogP contribution < -0.4 is 0 Å². The Hall–Kier alpha value is -1.42. The molecule has 0 unspecified atom stereocenters. The summed E-state index contributed by atoms with van der Waals surface area (Å²) in [6, 6.07) is 4.50. The van der Waals surface area contributed by atoms with Gasteiger partial charge in [0.25, 0.3) is 0 Å². The highest BCUT2D eigenvalue weighted by Gasteiger charge is 2.30. The van der Waals surface area contributed by atoms with Gasteiger partial charge < -0.3 is 4.57 Å². The minimum atomic E-state index is 0.540. The van der Waals surface area contributed by atoms with Crippen molar-refractivity contribution < 1.29 is 4.79 Å². The number of hydrogen-bond acceptors (Lipinski definition) is 2. The van der Waals surface area contributed by atoms with Crippen molar-refractivity contribution in [2.75, 3.05) is 0 Å². The van der Waals surface area contributed by atoms with Crippen LogP contribution in [-0.4, -0.2) is 15.8 Å².